The Morgan fingerprint density at radius 2 is 2.29 bits per heavy atom. The summed E-state index contributed by atoms with van der Waals surface area (Å²) in [6.45, 7) is 4.66. The van der Waals surface area contributed by atoms with Gasteiger partial charge in [-0.1, -0.05) is 24.3 Å². The average molecular weight is 229 g/mol. The molecule has 1 heterocycles. The van der Waals surface area contributed by atoms with Crippen LogP contribution in [0.15, 0.2) is 43.1 Å². The molecule has 0 saturated heterocycles. The number of aryl methyl sites for hydroxylation is 1. The standard InChI is InChI=1S/C13H15N3O/c1-2-8-14-13(17)7-9-16-12-6-4-3-5-11(12)10-15-16/h2-6,10H,1,7-9H2,(H,14,17). The molecular formula is C13H15N3O. The minimum Gasteiger partial charge on any atom is -0.353 e. The molecule has 1 N–H and O–H groups in total. The van der Waals surface area contributed by atoms with Crippen LogP contribution in [0, 0.1) is 0 Å². The predicted octanol–water partition coefficient (Wildman–Crippen LogP) is 1.73. The van der Waals surface area contributed by atoms with Crippen LogP contribution in [0.25, 0.3) is 10.9 Å². The molecule has 2 aromatic rings. The highest BCUT2D eigenvalue weighted by Crippen LogP contribution is 2.12. The normalized spacial score (nSPS) is 10.4. The van der Waals surface area contributed by atoms with Gasteiger partial charge in [0.2, 0.25) is 5.91 Å². The van der Waals surface area contributed by atoms with Crippen LogP contribution in [0.3, 0.4) is 0 Å². The first-order valence-corrected chi connectivity index (χ1v) is 5.59. The molecule has 1 aromatic heterocycles. The molecule has 0 spiro atoms. The van der Waals surface area contributed by atoms with E-state index < -0.39 is 0 Å². The maximum atomic E-state index is 11.4. The van der Waals surface area contributed by atoms with Crippen LogP contribution in [0.4, 0.5) is 0 Å². The number of para-hydroxylation sites is 1. The van der Waals surface area contributed by atoms with Gasteiger partial charge in [-0.3, -0.25) is 9.48 Å². The number of hydrogen-bond donors (Lipinski definition) is 1. The van der Waals surface area contributed by atoms with Gasteiger partial charge < -0.3 is 5.32 Å². The molecule has 0 aliphatic carbocycles. The number of fused-ring (bicyclic) bond motifs is 1. The minimum atomic E-state index is 0.0180. The minimum absolute atomic E-state index is 0.0180. The second kappa shape index (κ2) is 5.30. The predicted molar refractivity (Wildman–Crippen MR) is 67.6 cm³/mol. The summed E-state index contributed by atoms with van der Waals surface area (Å²) in [5.74, 6) is 0.0180. The van der Waals surface area contributed by atoms with Crippen molar-refractivity contribution in [3.63, 3.8) is 0 Å². The van der Waals surface area contributed by atoms with Crippen molar-refractivity contribution in [2.24, 2.45) is 0 Å². The summed E-state index contributed by atoms with van der Waals surface area (Å²) in [5.41, 5.74) is 1.06. The number of nitrogens with one attached hydrogen (secondary N) is 1. The lowest BCUT2D eigenvalue weighted by atomic mass is 10.2. The quantitative estimate of drug-likeness (QED) is 0.794. The zero-order chi connectivity index (χ0) is 12.1. The smallest absolute Gasteiger partial charge is 0.222 e. The highest BCUT2D eigenvalue weighted by Gasteiger charge is 2.04. The summed E-state index contributed by atoms with van der Waals surface area (Å²) in [6.07, 6.45) is 3.91. The third kappa shape index (κ3) is 2.72. The molecule has 0 saturated carbocycles. The molecule has 0 fully saturated rings. The van der Waals surface area contributed by atoms with Crippen molar-refractivity contribution >= 4 is 16.8 Å². The van der Waals surface area contributed by atoms with Crippen LogP contribution in [0.1, 0.15) is 6.42 Å². The highest BCUT2D eigenvalue weighted by molar-refractivity contribution is 5.79. The van der Waals surface area contributed by atoms with Crippen molar-refractivity contribution in [1.29, 1.82) is 0 Å². The number of amides is 1. The number of carbonyl (C=O) groups excluding carboxylic acids is 1. The van der Waals surface area contributed by atoms with Gasteiger partial charge in [0.15, 0.2) is 0 Å². The van der Waals surface area contributed by atoms with Crippen LogP contribution in [0.5, 0.6) is 0 Å². The Morgan fingerprint density at radius 1 is 1.47 bits per heavy atom. The zero-order valence-electron chi connectivity index (χ0n) is 9.60. The van der Waals surface area contributed by atoms with E-state index in [1.54, 1.807) is 6.08 Å². The Morgan fingerprint density at radius 3 is 3.12 bits per heavy atom. The third-order valence-electron chi connectivity index (χ3n) is 2.55. The van der Waals surface area contributed by atoms with Crippen molar-refractivity contribution < 1.29 is 4.79 Å². The van der Waals surface area contributed by atoms with E-state index in [4.69, 9.17) is 0 Å². The molecule has 1 aromatic carbocycles. The van der Waals surface area contributed by atoms with Gasteiger partial charge in [-0.25, -0.2) is 0 Å². The van der Waals surface area contributed by atoms with Crippen molar-refractivity contribution in [2.45, 2.75) is 13.0 Å². The summed E-state index contributed by atoms with van der Waals surface area (Å²) in [7, 11) is 0. The van der Waals surface area contributed by atoms with Gasteiger partial charge in [0.05, 0.1) is 18.3 Å². The lowest BCUT2D eigenvalue weighted by Gasteiger charge is -2.04. The number of carbonyl (C=O) groups is 1. The summed E-state index contributed by atoms with van der Waals surface area (Å²) in [4.78, 5) is 11.4. The van der Waals surface area contributed by atoms with Crippen molar-refractivity contribution in [2.75, 3.05) is 6.54 Å². The molecular weight excluding hydrogens is 214 g/mol. The molecule has 0 atom stereocenters. The number of rotatable bonds is 5. The van der Waals surface area contributed by atoms with Gasteiger partial charge in [0, 0.05) is 18.4 Å². The molecule has 0 unspecified atom stereocenters. The van der Waals surface area contributed by atoms with E-state index in [0.717, 1.165) is 10.9 Å². The second-order valence-electron chi connectivity index (χ2n) is 3.77. The largest absolute Gasteiger partial charge is 0.353 e. The molecule has 4 nitrogen and oxygen atoms in total. The first kappa shape index (κ1) is 11.4. The summed E-state index contributed by atoms with van der Waals surface area (Å²) in [6, 6.07) is 7.96. The summed E-state index contributed by atoms with van der Waals surface area (Å²) >= 11 is 0. The van der Waals surface area contributed by atoms with Gasteiger partial charge in [-0.15, -0.1) is 6.58 Å². The van der Waals surface area contributed by atoms with Crippen molar-refractivity contribution in [3.05, 3.63) is 43.1 Å². The Bertz CT molecular complexity index is 530. The number of hydrogen-bond acceptors (Lipinski definition) is 2. The molecule has 0 radical (unpaired) electrons. The van der Waals surface area contributed by atoms with Gasteiger partial charge in [0.25, 0.3) is 0 Å². The molecule has 17 heavy (non-hydrogen) atoms. The van der Waals surface area contributed by atoms with E-state index in [0.29, 0.717) is 19.5 Å². The molecule has 0 aliphatic rings. The fraction of sp³-hybridized carbons (Fsp3) is 0.231. The maximum absolute atomic E-state index is 11.4. The Hall–Kier alpha value is -2.10. The van der Waals surface area contributed by atoms with E-state index >= 15 is 0 Å². The first-order chi connectivity index (χ1) is 8.31. The van der Waals surface area contributed by atoms with E-state index in [2.05, 4.69) is 17.0 Å². The number of aromatic nitrogens is 2. The van der Waals surface area contributed by atoms with Crippen LogP contribution in [0.2, 0.25) is 0 Å². The fourth-order valence-corrected chi connectivity index (χ4v) is 1.69. The van der Waals surface area contributed by atoms with E-state index in [1.807, 2.05) is 35.1 Å². The van der Waals surface area contributed by atoms with E-state index in [9.17, 15) is 4.79 Å². The maximum Gasteiger partial charge on any atom is 0.222 e. The van der Waals surface area contributed by atoms with Gasteiger partial charge >= 0.3 is 0 Å². The molecule has 2 rings (SSSR count). The molecule has 1 amide bonds. The van der Waals surface area contributed by atoms with Gasteiger partial charge in [0.1, 0.15) is 0 Å². The third-order valence-corrected chi connectivity index (χ3v) is 2.55. The number of nitrogens with zero attached hydrogens (tertiary/aromatic N) is 2. The van der Waals surface area contributed by atoms with Crippen molar-refractivity contribution in [1.82, 2.24) is 15.1 Å². The van der Waals surface area contributed by atoms with E-state index in [-0.39, 0.29) is 5.91 Å². The topological polar surface area (TPSA) is 46.9 Å². The van der Waals surface area contributed by atoms with Crippen LogP contribution in [-0.2, 0) is 11.3 Å². The SMILES string of the molecule is C=CCNC(=O)CCn1ncc2ccccc21. The molecule has 88 valence electrons. The Labute approximate surface area is 99.9 Å². The summed E-state index contributed by atoms with van der Waals surface area (Å²) in [5, 5.41) is 8.11. The lowest BCUT2D eigenvalue weighted by Crippen LogP contribution is -2.24. The fourth-order valence-electron chi connectivity index (χ4n) is 1.69. The summed E-state index contributed by atoms with van der Waals surface area (Å²) < 4.78 is 1.85. The average Bonchev–Trinajstić information content (AvgIpc) is 2.77. The lowest BCUT2D eigenvalue weighted by molar-refractivity contribution is -0.121. The van der Waals surface area contributed by atoms with Gasteiger partial charge in [-0.05, 0) is 6.07 Å². The molecule has 4 heteroatoms. The molecule has 0 aliphatic heterocycles. The van der Waals surface area contributed by atoms with E-state index in [1.165, 1.54) is 0 Å². The first-order valence-electron chi connectivity index (χ1n) is 5.59. The monoisotopic (exact) mass is 229 g/mol. The van der Waals surface area contributed by atoms with Crippen molar-refractivity contribution in [3.8, 4) is 0 Å². The Balaban J connectivity index is 1.99. The Kier molecular flexibility index (Phi) is 3.55. The van der Waals surface area contributed by atoms with Crippen LogP contribution in [-0.4, -0.2) is 22.2 Å². The number of benzene rings is 1. The second-order valence-corrected chi connectivity index (χ2v) is 3.77. The molecule has 0 bridgehead atoms. The zero-order valence-corrected chi connectivity index (χ0v) is 9.60. The van der Waals surface area contributed by atoms with Crippen LogP contribution < -0.4 is 5.32 Å². The highest BCUT2D eigenvalue weighted by atomic mass is 16.1. The van der Waals surface area contributed by atoms with Gasteiger partial charge in [-0.2, -0.15) is 5.10 Å². The van der Waals surface area contributed by atoms with Crippen LogP contribution >= 0.6 is 0 Å².